The second kappa shape index (κ2) is 7.57. The van der Waals surface area contributed by atoms with E-state index in [0.29, 0.717) is 5.56 Å². The van der Waals surface area contributed by atoms with Crippen LogP contribution in [0, 0.1) is 5.82 Å². The number of rotatable bonds is 7. The van der Waals surface area contributed by atoms with Crippen molar-refractivity contribution in [2.75, 3.05) is 13.2 Å². The first-order valence-electron chi connectivity index (χ1n) is 8.01. The van der Waals surface area contributed by atoms with Crippen molar-refractivity contribution in [3.05, 3.63) is 47.0 Å². The SMILES string of the molecule is CCC(=O)C1=C(O)C(=O)N(CCOC(C)C)C1c1ccc(F)cc1. The van der Waals surface area contributed by atoms with Gasteiger partial charge in [0, 0.05) is 13.0 Å². The molecule has 1 aromatic carbocycles. The number of carbonyl (C=O) groups is 2. The minimum absolute atomic E-state index is 0.00489. The zero-order valence-corrected chi connectivity index (χ0v) is 14.1. The number of hydrogen-bond donors (Lipinski definition) is 1. The van der Waals surface area contributed by atoms with Crippen LogP contribution in [-0.4, -0.2) is 41.0 Å². The number of benzene rings is 1. The van der Waals surface area contributed by atoms with E-state index in [9.17, 15) is 19.1 Å². The molecule has 1 amide bonds. The van der Waals surface area contributed by atoms with Crippen molar-refractivity contribution in [2.45, 2.75) is 39.3 Å². The Morgan fingerprint density at radius 1 is 1.33 bits per heavy atom. The van der Waals surface area contributed by atoms with Gasteiger partial charge >= 0.3 is 0 Å². The Balaban J connectivity index is 2.37. The second-order valence-electron chi connectivity index (χ2n) is 5.91. The maximum Gasteiger partial charge on any atom is 0.290 e. The van der Waals surface area contributed by atoms with Crippen LogP contribution in [-0.2, 0) is 14.3 Å². The predicted octanol–water partition coefficient (Wildman–Crippen LogP) is 2.93. The highest BCUT2D eigenvalue weighted by Gasteiger charge is 2.42. The molecular formula is C18H22FNO4. The average molecular weight is 335 g/mol. The molecule has 1 unspecified atom stereocenters. The molecule has 5 nitrogen and oxygen atoms in total. The number of halogens is 1. The summed E-state index contributed by atoms with van der Waals surface area (Å²) in [6, 6.07) is 4.86. The number of ether oxygens (including phenoxy) is 1. The van der Waals surface area contributed by atoms with Crippen molar-refractivity contribution < 1.29 is 23.8 Å². The number of amides is 1. The summed E-state index contributed by atoms with van der Waals surface area (Å²) >= 11 is 0. The van der Waals surface area contributed by atoms with Gasteiger partial charge in [-0.05, 0) is 31.5 Å². The zero-order valence-electron chi connectivity index (χ0n) is 14.1. The molecule has 130 valence electrons. The Morgan fingerprint density at radius 3 is 2.50 bits per heavy atom. The number of aliphatic hydroxyl groups excluding tert-OH is 1. The third-order valence-corrected chi connectivity index (χ3v) is 3.89. The van der Waals surface area contributed by atoms with Crippen LogP contribution in [0.5, 0.6) is 0 Å². The van der Waals surface area contributed by atoms with Crippen LogP contribution in [0.15, 0.2) is 35.6 Å². The average Bonchev–Trinajstić information content (AvgIpc) is 2.79. The van der Waals surface area contributed by atoms with Gasteiger partial charge in [-0.15, -0.1) is 0 Å². The van der Waals surface area contributed by atoms with Gasteiger partial charge in [0.1, 0.15) is 5.82 Å². The van der Waals surface area contributed by atoms with E-state index in [1.807, 2.05) is 13.8 Å². The first-order chi connectivity index (χ1) is 11.4. The van der Waals surface area contributed by atoms with Crippen molar-refractivity contribution in [1.82, 2.24) is 4.90 Å². The summed E-state index contributed by atoms with van der Waals surface area (Å²) in [7, 11) is 0. The van der Waals surface area contributed by atoms with E-state index in [0.717, 1.165) is 0 Å². The van der Waals surface area contributed by atoms with Gasteiger partial charge in [0.25, 0.3) is 5.91 Å². The fourth-order valence-electron chi connectivity index (χ4n) is 2.74. The molecule has 0 spiro atoms. The molecule has 0 radical (unpaired) electrons. The smallest absolute Gasteiger partial charge is 0.290 e. The van der Waals surface area contributed by atoms with Gasteiger partial charge in [-0.1, -0.05) is 19.1 Å². The summed E-state index contributed by atoms with van der Waals surface area (Å²) in [6.45, 7) is 5.93. The minimum atomic E-state index is -0.721. The lowest BCUT2D eigenvalue weighted by Gasteiger charge is -2.27. The Bertz CT molecular complexity index is 651. The summed E-state index contributed by atoms with van der Waals surface area (Å²) < 4.78 is 18.7. The van der Waals surface area contributed by atoms with E-state index in [1.54, 1.807) is 6.92 Å². The molecule has 0 saturated heterocycles. The Hall–Kier alpha value is -2.21. The topological polar surface area (TPSA) is 66.8 Å². The number of ketones is 1. The normalized spacial score (nSPS) is 18.0. The van der Waals surface area contributed by atoms with Crippen molar-refractivity contribution in [1.29, 1.82) is 0 Å². The maximum atomic E-state index is 13.2. The standard InChI is InChI=1S/C18H22FNO4/c1-4-14(21)15-16(12-5-7-13(19)8-6-12)20(18(23)17(15)22)9-10-24-11(2)3/h5-8,11,16,22H,4,9-10H2,1-3H3. The van der Waals surface area contributed by atoms with E-state index in [4.69, 9.17) is 4.74 Å². The predicted molar refractivity (Wildman–Crippen MR) is 86.9 cm³/mol. The van der Waals surface area contributed by atoms with Gasteiger partial charge in [0.2, 0.25) is 0 Å². The molecule has 1 atom stereocenters. The first-order valence-corrected chi connectivity index (χ1v) is 8.01. The Morgan fingerprint density at radius 2 is 1.96 bits per heavy atom. The van der Waals surface area contributed by atoms with Crippen LogP contribution < -0.4 is 0 Å². The number of carbonyl (C=O) groups excluding carboxylic acids is 2. The molecule has 0 bridgehead atoms. The molecule has 0 fully saturated rings. The number of Topliss-reactive ketones (excluding diaryl/α,β-unsaturated/α-hetero) is 1. The molecule has 24 heavy (non-hydrogen) atoms. The molecule has 6 heteroatoms. The van der Waals surface area contributed by atoms with Crippen LogP contribution in [0.2, 0.25) is 0 Å². The molecule has 0 aromatic heterocycles. The van der Waals surface area contributed by atoms with Gasteiger partial charge in [-0.25, -0.2) is 4.39 Å². The summed E-state index contributed by atoms with van der Waals surface area (Å²) in [5.74, 6) is -1.84. The van der Waals surface area contributed by atoms with Crippen molar-refractivity contribution in [3.8, 4) is 0 Å². The first kappa shape index (κ1) is 18.1. The van der Waals surface area contributed by atoms with E-state index in [1.165, 1.54) is 29.2 Å². The van der Waals surface area contributed by atoms with E-state index in [-0.39, 0.29) is 37.0 Å². The highest BCUT2D eigenvalue weighted by molar-refractivity contribution is 6.08. The summed E-state index contributed by atoms with van der Waals surface area (Å²) in [6.07, 6.45) is 0.172. The van der Waals surface area contributed by atoms with E-state index < -0.39 is 23.5 Å². The summed E-state index contributed by atoms with van der Waals surface area (Å²) in [4.78, 5) is 26.0. The number of aliphatic hydroxyl groups is 1. The molecule has 1 N–H and O–H groups in total. The van der Waals surface area contributed by atoms with Gasteiger partial charge < -0.3 is 14.7 Å². The van der Waals surface area contributed by atoms with Crippen molar-refractivity contribution >= 4 is 11.7 Å². The zero-order chi connectivity index (χ0) is 17.9. The van der Waals surface area contributed by atoms with Crippen LogP contribution in [0.25, 0.3) is 0 Å². The molecule has 1 aliphatic heterocycles. The summed E-state index contributed by atoms with van der Waals surface area (Å²) in [5, 5.41) is 10.2. The molecule has 1 aromatic rings. The molecular weight excluding hydrogens is 313 g/mol. The van der Waals surface area contributed by atoms with Gasteiger partial charge in [0.15, 0.2) is 11.5 Å². The quantitative estimate of drug-likeness (QED) is 0.832. The second-order valence-corrected chi connectivity index (χ2v) is 5.91. The fraction of sp³-hybridized carbons (Fsp3) is 0.444. The fourth-order valence-corrected chi connectivity index (χ4v) is 2.74. The summed E-state index contributed by atoms with van der Waals surface area (Å²) in [5.41, 5.74) is 0.647. The van der Waals surface area contributed by atoms with Crippen LogP contribution >= 0.6 is 0 Å². The van der Waals surface area contributed by atoms with Crippen LogP contribution in [0.4, 0.5) is 4.39 Å². The highest BCUT2D eigenvalue weighted by Crippen LogP contribution is 2.37. The number of hydrogen-bond acceptors (Lipinski definition) is 4. The third-order valence-electron chi connectivity index (χ3n) is 3.89. The van der Waals surface area contributed by atoms with Gasteiger partial charge in [0.05, 0.1) is 24.3 Å². The number of nitrogens with zero attached hydrogens (tertiary/aromatic N) is 1. The monoisotopic (exact) mass is 335 g/mol. The lowest BCUT2D eigenvalue weighted by molar-refractivity contribution is -0.130. The van der Waals surface area contributed by atoms with Crippen LogP contribution in [0.3, 0.4) is 0 Å². The largest absolute Gasteiger partial charge is 0.503 e. The minimum Gasteiger partial charge on any atom is -0.503 e. The van der Waals surface area contributed by atoms with E-state index >= 15 is 0 Å². The highest BCUT2D eigenvalue weighted by atomic mass is 19.1. The molecule has 0 aliphatic carbocycles. The Kier molecular flexibility index (Phi) is 5.72. The maximum absolute atomic E-state index is 13.2. The van der Waals surface area contributed by atoms with Crippen molar-refractivity contribution in [3.63, 3.8) is 0 Å². The molecule has 2 rings (SSSR count). The molecule has 1 heterocycles. The molecule has 0 saturated carbocycles. The lowest BCUT2D eigenvalue weighted by Crippen LogP contribution is -2.34. The van der Waals surface area contributed by atoms with Crippen LogP contribution in [0.1, 0.15) is 38.8 Å². The van der Waals surface area contributed by atoms with Crippen molar-refractivity contribution in [2.24, 2.45) is 0 Å². The molecule has 1 aliphatic rings. The Labute approximate surface area is 140 Å². The third kappa shape index (κ3) is 3.64. The lowest BCUT2D eigenvalue weighted by atomic mass is 9.95. The van der Waals surface area contributed by atoms with Gasteiger partial charge in [-0.2, -0.15) is 0 Å². The van der Waals surface area contributed by atoms with E-state index in [2.05, 4.69) is 0 Å². The van der Waals surface area contributed by atoms with Gasteiger partial charge in [-0.3, -0.25) is 9.59 Å².